The van der Waals surface area contributed by atoms with Crippen LogP contribution in [-0.4, -0.2) is 66.9 Å². The third kappa shape index (κ3) is 4.54. The number of methoxy groups -OCH3 is 1. The van der Waals surface area contributed by atoms with Gasteiger partial charge >= 0.3 is 59.8 Å². The zero-order chi connectivity index (χ0) is 31.5. The summed E-state index contributed by atoms with van der Waals surface area (Å²) in [5, 5.41) is -0.176. The van der Waals surface area contributed by atoms with Crippen molar-refractivity contribution in [3.8, 4) is 0 Å². The van der Waals surface area contributed by atoms with Gasteiger partial charge in [-0.25, -0.2) is 13.6 Å². The Kier molecular flexibility index (Phi) is 8.52. The number of thiophene rings is 1. The summed E-state index contributed by atoms with van der Waals surface area (Å²) < 4.78 is 220. The molecule has 1 aliphatic rings. The van der Waals surface area contributed by atoms with E-state index >= 15 is 0 Å². The van der Waals surface area contributed by atoms with Gasteiger partial charge in [0.15, 0.2) is 0 Å². The summed E-state index contributed by atoms with van der Waals surface area (Å²) in [6.45, 7) is 0. The van der Waals surface area contributed by atoms with Crippen LogP contribution in [-0.2, 0) is 22.4 Å². The number of esters is 1. The number of aryl methyl sites for hydroxylation is 1. The smallest absolute Gasteiger partial charge is 0.393 e. The number of fused-ring (bicyclic) bond motifs is 1. The Morgan fingerprint density at radius 3 is 1.68 bits per heavy atom. The molecule has 0 spiro atoms. The molecule has 40 heavy (non-hydrogen) atoms. The lowest BCUT2D eigenvalue weighted by Crippen LogP contribution is -2.74. The van der Waals surface area contributed by atoms with Gasteiger partial charge in [-0.05, 0) is 31.2 Å². The molecule has 0 saturated heterocycles. The molecule has 0 bridgehead atoms. The number of anilines is 1. The van der Waals surface area contributed by atoms with Gasteiger partial charge in [-0.1, -0.05) is 0 Å². The lowest BCUT2D eigenvalue weighted by atomic mass is 9.89. The van der Waals surface area contributed by atoms with Gasteiger partial charge in [0.1, 0.15) is 5.00 Å². The van der Waals surface area contributed by atoms with Gasteiger partial charge in [0.05, 0.1) is 12.7 Å². The Labute approximate surface area is 215 Å². The zero-order valence-corrected chi connectivity index (χ0v) is 19.9. The molecule has 0 aliphatic heterocycles. The van der Waals surface area contributed by atoms with Crippen molar-refractivity contribution in [3.05, 3.63) is 16.0 Å². The molecule has 1 aromatic heterocycles. The first-order valence-corrected chi connectivity index (χ1v) is 11.1. The van der Waals surface area contributed by atoms with E-state index in [2.05, 4.69) is 4.74 Å². The summed E-state index contributed by atoms with van der Waals surface area (Å²) in [5.74, 6) is -61.7. The second-order valence-corrected chi connectivity index (χ2v) is 9.34. The van der Waals surface area contributed by atoms with Gasteiger partial charge in [-0.3, -0.25) is 4.79 Å². The highest BCUT2D eigenvalue weighted by Crippen LogP contribution is 2.63. The molecule has 1 aromatic rings. The van der Waals surface area contributed by atoms with E-state index in [0.29, 0.717) is 12.8 Å². The number of ether oxygens (including phenoxy) is 1. The minimum absolute atomic E-state index is 0.0372. The molecule has 1 N–H and O–H groups in total. The SMILES string of the molecule is COC(=O)c1c(NC(=O)C(F)(F)C(F)(F)C(F)(F)C(F)(F)C(F)(F)C(F)(F)C(F)(F)C(F)F)sc2c1CCCC2. The predicted molar refractivity (Wildman–Crippen MR) is 102 cm³/mol. The molecule has 0 saturated carbocycles. The van der Waals surface area contributed by atoms with Gasteiger partial charge in [0.2, 0.25) is 0 Å². The Bertz CT molecular complexity index is 1150. The van der Waals surface area contributed by atoms with Gasteiger partial charge in [0.25, 0.3) is 0 Å². The van der Waals surface area contributed by atoms with Crippen molar-refractivity contribution in [2.45, 2.75) is 73.6 Å². The molecule has 1 aliphatic carbocycles. The topological polar surface area (TPSA) is 55.4 Å². The van der Waals surface area contributed by atoms with E-state index in [1.807, 2.05) is 0 Å². The third-order valence-corrected chi connectivity index (χ3v) is 6.94. The summed E-state index contributed by atoms with van der Waals surface area (Å²) in [5.41, 5.74) is -0.681. The van der Waals surface area contributed by atoms with Crippen LogP contribution < -0.4 is 5.32 Å². The minimum Gasteiger partial charge on any atom is -0.465 e. The summed E-state index contributed by atoms with van der Waals surface area (Å²) in [4.78, 5) is 24.1. The maximum atomic E-state index is 14.3. The molecule has 230 valence electrons. The number of carbonyl (C=O) groups excluding carboxylic acids is 2. The monoisotopic (exact) mass is 639 g/mol. The number of halogens is 16. The number of rotatable bonds is 10. The molecule has 1 heterocycles. The molecule has 0 fully saturated rings. The van der Waals surface area contributed by atoms with Crippen molar-refractivity contribution < 1.29 is 84.6 Å². The average molecular weight is 639 g/mol. The first kappa shape index (κ1) is 33.7. The molecule has 1 amide bonds. The summed E-state index contributed by atoms with van der Waals surface area (Å²) >= 11 is 0.267. The van der Waals surface area contributed by atoms with E-state index in [1.165, 1.54) is 0 Å². The number of hydrogen-bond donors (Lipinski definition) is 1. The van der Waals surface area contributed by atoms with E-state index in [9.17, 15) is 79.8 Å². The lowest BCUT2D eigenvalue weighted by Gasteiger charge is -2.42. The quantitative estimate of drug-likeness (QED) is 0.220. The number of carbonyl (C=O) groups is 2. The molecule has 4 nitrogen and oxygen atoms in total. The van der Waals surface area contributed by atoms with Crippen LogP contribution in [0.1, 0.15) is 33.6 Å². The van der Waals surface area contributed by atoms with Gasteiger partial charge in [-0.15, -0.1) is 11.3 Å². The Hall–Kier alpha value is -2.48. The highest BCUT2D eigenvalue weighted by atomic mass is 32.1. The molecule has 21 heteroatoms. The van der Waals surface area contributed by atoms with Crippen molar-refractivity contribution in [2.75, 3.05) is 12.4 Å². The predicted octanol–water partition coefficient (Wildman–Crippen LogP) is 7.06. The van der Waals surface area contributed by atoms with E-state index < -0.39 is 70.3 Å². The second kappa shape index (κ2) is 10.1. The fourth-order valence-corrected chi connectivity index (χ4v) is 4.70. The third-order valence-electron chi connectivity index (χ3n) is 5.74. The van der Waals surface area contributed by atoms with Crippen LogP contribution in [0.3, 0.4) is 0 Å². The zero-order valence-electron chi connectivity index (χ0n) is 19.1. The molecule has 0 radical (unpaired) electrons. The summed E-state index contributed by atoms with van der Waals surface area (Å²) in [6, 6.07) is 0. The van der Waals surface area contributed by atoms with Crippen LogP contribution >= 0.6 is 11.3 Å². The molecule has 0 aromatic carbocycles. The largest absolute Gasteiger partial charge is 0.465 e. The van der Waals surface area contributed by atoms with E-state index in [-0.39, 0.29) is 34.6 Å². The van der Waals surface area contributed by atoms with Crippen molar-refractivity contribution in [2.24, 2.45) is 0 Å². The van der Waals surface area contributed by atoms with Gasteiger partial charge < -0.3 is 10.1 Å². The normalized spacial score (nSPS) is 16.1. The highest BCUT2D eigenvalue weighted by molar-refractivity contribution is 7.17. The van der Waals surface area contributed by atoms with Crippen molar-refractivity contribution in [1.29, 1.82) is 0 Å². The average Bonchev–Trinajstić information content (AvgIpc) is 3.20. The van der Waals surface area contributed by atoms with Crippen LogP contribution in [0.15, 0.2) is 0 Å². The van der Waals surface area contributed by atoms with Crippen LogP contribution in [0, 0.1) is 0 Å². The van der Waals surface area contributed by atoms with Gasteiger partial charge in [0, 0.05) is 4.88 Å². The van der Waals surface area contributed by atoms with Crippen molar-refractivity contribution in [1.82, 2.24) is 0 Å². The number of nitrogens with one attached hydrogen (secondary N) is 1. The molecule has 0 atom stereocenters. The standard InChI is InChI=1S/C19H13F16NO3S/c1-39-10(37)8-6-4-2-3-5-7(6)40-9(8)36-12(38)14(24,25)16(28,29)18(32,33)19(34,35)17(30,31)15(26,27)13(22,23)11(20)21/h11H,2-5H2,1H3,(H,36,38). The minimum atomic E-state index is -8.62. The maximum Gasteiger partial charge on any atom is 0.393 e. The highest BCUT2D eigenvalue weighted by Gasteiger charge is 2.94. The Morgan fingerprint density at radius 2 is 1.20 bits per heavy atom. The van der Waals surface area contributed by atoms with Gasteiger partial charge in [-0.2, -0.15) is 61.5 Å². The van der Waals surface area contributed by atoms with E-state index in [1.54, 1.807) is 0 Å². The number of hydrogen-bond acceptors (Lipinski definition) is 4. The number of alkyl halides is 16. The molecule has 0 unspecified atom stereocenters. The van der Waals surface area contributed by atoms with Crippen molar-refractivity contribution in [3.63, 3.8) is 0 Å². The number of amides is 1. The van der Waals surface area contributed by atoms with Crippen molar-refractivity contribution >= 4 is 28.2 Å². The molecule has 2 rings (SSSR count). The van der Waals surface area contributed by atoms with E-state index in [4.69, 9.17) is 0 Å². The first-order valence-electron chi connectivity index (χ1n) is 10.3. The molecular weight excluding hydrogens is 626 g/mol. The molecular formula is C19H13F16NO3S. The summed E-state index contributed by atoms with van der Waals surface area (Å²) in [6.07, 6.45) is -4.98. The Morgan fingerprint density at radius 1 is 0.750 bits per heavy atom. The van der Waals surface area contributed by atoms with Crippen LogP contribution in [0.2, 0.25) is 0 Å². The fraction of sp³-hybridized carbons (Fsp3) is 0.684. The first-order chi connectivity index (χ1) is 17.8. The van der Waals surface area contributed by atoms with Crippen LogP contribution in [0.5, 0.6) is 0 Å². The van der Waals surface area contributed by atoms with Crippen LogP contribution in [0.25, 0.3) is 0 Å². The lowest BCUT2D eigenvalue weighted by molar-refractivity contribution is -0.443. The summed E-state index contributed by atoms with van der Waals surface area (Å²) in [7, 11) is 0.736. The van der Waals surface area contributed by atoms with E-state index in [0.717, 1.165) is 12.4 Å². The Balaban J connectivity index is 2.56. The maximum absolute atomic E-state index is 14.3. The second-order valence-electron chi connectivity index (χ2n) is 8.23. The van der Waals surface area contributed by atoms with Crippen LogP contribution in [0.4, 0.5) is 75.2 Å². The fourth-order valence-electron chi connectivity index (χ4n) is 3.43.